The van der Waals surface area contributed by atoms with Gasteiger partial charge in [0.2, 0.25) is 5.88 Å². The Morgan fingerprint density at radius 3 is 2.84 bits per heavy atom. The zero-order chi connectivity index (χ0) is 13.8. The van der Waals surface area contributed by atoms with Crippen LogP contribution in [0.1, 0.15) is 12.2 Å². The second kappa shape index (κ2) is 5.99. The van der Waals surface area contributed by atoms with Gasteiger partial charge in [0.15, 0.2) is 0 Å². The largest absolute Gasteiger partial charge is 0.493 e. The maximum atomic E-state index is 12.0. The minimum Gasteiger partial charge on any atom is -0.493 e. The summed E-state index contributed by atoms with van der Waals surface area (Å²) < 4.78 is 0.830. The summed E-state index contributed by atoms with van der Waals surface area (Å²) in [5.41, 5.74) is 5.85. The third-order valence-corrected chi connectivity index (χ3v) is 3.17. The van der Waals surface area contributed by atoms with Gasteiger partial charge in [-0.1, -0.05) is 28.1 Å². The first kappa shape index (κ1) is 13.8. The number of halogens is 1. The molecule has 0 spiro atoms. The van der Waals surface area contributed by atoms with Crippen LogP contribution < -0.4 is 11.3 Å². The van der Waals surface area contributed by atoms with E-state index < -0.39 is 0 Å². The van der Waals surface area contributed by atoms with E-state index in [0.29, 0.717) is 30.8 Å². The van der Waals surface area contributed by atoms with E-state index in [2.05, 4.69) is 25.9 Å². The van der Waals surface area contributed by atoms with Gasteiger partial charge in [-0.25, -0.2) is 0 Å². The van der Waals surface area contributed by atoms with Crippen LogP contribution in [-0.2, 0) is 6.42 Å². The number of rotatable bonds is 4. The molecule has 0 bridgehead atoms. The Morgan fingerprint density at radius 1 is 1.42 bits per heavy atom. The smallest absolute Gasteiger partial charge is 0.262 e. The molecule has 4 N–H and O–H groups in total. The number of aryl methyl sites for hydroxylation is 1. The number of H-pyrrole nitrogens is 1. The first-order chi connectivity index (χ1) is 9.11. The van der Waals surface area contributed by atoms with Crippen molar-refractivity contribution in [1.82, 2.24) is 9.97 Å². The molecule has 0 aliphatic carbocycles. The fourth-order valence-corrected chi connectivity index (χ4v) is 2.20. The highest BCUT2D eigenvalue weighted by Crippen LogP contribution is 2.25. The van der Waals surface area contributed by atoms with Gasteiger partial charge in [0, 0.05) is 10.9 Å². The lowest BCUT2D eigenvalue weighted by molar-refractivity contribution is 0.449. The number of hydrogen-bond acceptors (Lipinski definition) is 4. The van der Waals surface area contributed by atoms with Crippen molar-refractivity contribution < 1.29 is 5.11 Å². The molecule has 0 radical (unpaired) electrons. The third-order valence-electron chi connectivity index (χ3n) is 2.68. The predicted octanol–water partition coefficient (Wildman–Crippen LogP) is 1.80. The van der Waals surface area contributed by atoms with Crippen LogP contribution in [0.4, 0.5) is 0 Å². The summed E-state index contributed by atoms with van der Waals surface area (Å²) in [6.45, 7) is 0.512. The van der Waals surface area contributed by atoms with E-state index in [-0.39, 0.29) is 17.0 Å². The van der Waals surface area contributed by atoms with Gasteiger partial charge in [0.1, 0.15) is 11.4 Å². The molecule has 0 unspecified atom stereocenters. The van der Waals surface area contributed by atoms with Crippen molar-refractivity contribution in [3.05, 3.63) is 44.9 Å². The van der Waals surface area contributed by atoms with Crippen LogP contribution in [-0.4, -0.2) is 21.6 Å². The van der Waals surface area contributed by atoms with Gasteiger partial charge in [-0.05, 0) is 30.7 Å². The molecule has 1 aromatic carbocycles. The molecule has 0 amide bonds. The zero-order valence-corrected chi connectivity index (χ0v) is 11.8. The quantitative estimate of drug-likeness (QED) is 0.799. The monoisotopic (exact) mass is 323 g/mol. The molecule has 0 fully saturated rings. The lowest BCUT2D eigenvalue weighted by Gasteiger charge is -2.06. The second-order valence-corrected chi connectivity index (χ2v) is 5.03. The predicted molar refractivity (Wildman–Crippen MR) is 77.0 cm³/mol. The van der Waals surface area contributed by atoms with Gasteiger partial charge < -0.3 is 15.8 Å². The van der Waals surface area contributed by atoms with Crippen LogP contribution >= 0.6 is 15.9 Å². The van der Waals surface area contributed by atoms with Crippen LogP contribution in [0.3, 0.4) is 0 Å². The van der Waals surface area contributed by atoms with Gasteiger partial charge in [-0.15, -0.1) is 0 Å². The fourth-order valence-electron chi connectivity index (χ4n) is 1.80. The van der Waals surface area contributed by atoms with Crippen molar-refractivity contribution in [3.63, 3.8) is 0 Å². The average molecular weight is 324 g/mol. The highest BCUT2D eigenvalue weighted by atomic mass is 79.9. The standard InChI is InChI=1S/C13H14BrN3O2/c14-9-4-1-3-8(7-9)11-12(18)16-10(5-2-6-15)17-13(11)19/h1,3-4,7H,2,5-6,15H2,(H2,16,17,18,19). The lowest BCUT2D eigenvalue weighted by Crippen LogP contribution is -2.15. The molecule has 100 valence electrons. The Bertz CT molecular complexity index is 640. The maximum absolute atomic E-state index is 12.0. The average Bonchev–Trinajstić information content (AvgIpc) is 2.35. The Balaban J connectivity index is 2.45. The first-order valence-electron chi connectivity index (χ1n) is 5.90. The van der Waals surface area contributed by atoms with Gasteiger partial charge in [-0.2, -0.15) is 4.98 Å². The topological polar surface area (TPSA) is 92.0 Å². The van der Waals surface area contributed by atoms with Crippen molar-refractivity contribution in [1.29, 1.82) is 0 Å². The van der Waals surface area contributed by atoms with Gasteiger partial charge in [0.25, 0.3) is 5.56 Å². The summed E-state index contributed by atoms with van der Waals surface area (Å²) in [7, 11) is 0. The molecule has 0 saturated heterocycles. The number of aromatic nitrogens is 2. The van der Waals surface area contributed by atoms with Crippen molar-refractivity contribution in [2.75, 3.05) is 6.54 Å². The maximum Gasteiger partial charge on any atom is 0.262 e. The molecule has 0 saturated carbocycles. The van der Waals surface area contributed by atoms with E-state index in [9.17, 15) is 9.90 Å². The molecule has 1 aromatic heterocycles. The van der Waals surface area contributed by atoms with Gasteiger partial charge in [0.05, 0.1) is 0 Å². The van der Waals surface area contributed by atoms with Crippen LogP contribution in [0.15, 0.2) is 33.5 Å². The van der Waals surface area contributed by atoms with E-state index in [1.807, 2.05) is 6.07 Å². The molecular weight excluding hydrogens is 310 g/mol. The molecule has 0 aliphatic rings. The van der Waals surface area contributed by atoms with Crippen molar-refractivity contribution >= 4 is 15.9 Å². The number of aromatic amines is 1. The summed E-state index contributed by atoms with van der Waals surface area (Å²) in [5, 5.41) is 9.94. The Morgan fingerprint density at radius 2 is 2.21 bits per heavy atom. The van der Waals surface area contributed by atoms with Crippen LogP contribution in [0.5, 0.6) is 5.88 Å². The van der Waals surface area contributed by atoms with Crippen LogP contribution in [0, 0.1) is 0 Å². The molecule has 2 rings (SSSR count). The molecule has 1 heterocycles. The lowest BCUT2D eigenvalue weighted by atomic mass is 10.1. The normalized spacial score (nSPS) is 10.6. The van der Waals surface area contributed by atoms with Gasteiger partial charge >= 0.3 is 0 Å². The number of nitrogens with two attached hydrogens (primary N) is 1. The van der Waals surface area contributed by atoms with E-state index in [1.54, 1.807) is 18.2 Å². The minimum atomic E-state index is -0.349. The first-order valence-corrected chi connectivity index (χ1v) is 6.69. The van der Waals surface area contributed by atoms with Crippen LogP contribution in [0.2, 0.25) is 0 Å². The number of hydrogen-bond donors (Lipinski definition) is 3. The zero-order valence-electron chi connectivity index (χ0n) is 10.2. The van der Waals surface area contributed by atoms with Gasteiger partial charge in [-0.3, -0.25) is 4.79 Å². The fraction of sp³-hybridized carbons (Fsp3) is 0.231. The molecule has 5 nitrogen and oxygen atoms in total. The number of aromatic hydroxyl groups is 1. The Kier molecular flexibility index (Phi) is 4.34. The SMILES string of the molecule is NCCCc1nc(O)c(-c2cccc(Br)c2)c(=O)[nH]1. The summed E-state index contributed by atoms with van der Waals surface area (Å²) in [5.74, 6) is 0.195. The third kappa shape index (κ3) is 3.21. The molecule has 0 aliphatic heterocycles. The number of nitrogens with one attached hydrogen (secondary N) is 1. The summed E-state index contributed by atoms with van der Waals surface area (Å²) >= 11 is 3.33. The summed E-state index contributed by atoms with van der Waals surface area (Å²) in [4.78, 5) is 18.7. The molecule has 19 heavy (non-hydrogen) atoms. The summed E-state index contributed by atoms with van der Waals surface area (Å²) in [6.07, 6.45) is 1.25. The second-order valence-electron chi connectivity index (χ2n) is 4.11. The molecule has 0 atom stereocenters. The van der Waals surface area contributed by atoms with Crippen molar-refractivity contribution in [2.24, 2.45) is 5.73 Å². The molecule has 6 heteroatoms. The van der Waals surface area contributed by atoms with E-state index in [1.165, 1.54) is 0 Å². The van der Waals surface area contributed by atoms with Crippen LogP contribution in [0.25, 0.3) is 11.1 Å². The minimum absolute atomic E-state index is 0.179. The highest BCUT2D eigenvalue weighted by Gasteiger charge is 2.13. The van der Waals surface area contributed by atoms with Crippen molar-refractivity contribution in [2.45, 2.75) is 12.8 Å². The van der Waals surface area contributed by atoms with E-state index >= 15 is 0 Å². The number of nitrogens with zero attached hydrogens (tertiary/aromatic N) is 1. The Hall–Kier alpha value is -1.66. The van der Waals surface area contributed by atoms with Crippen molar-refractivity contribution in [3.8, 4) is 17.0 Å². The molecular formula is C13H14BrN3O2. The highest BCUT2D eigenvalue weighted by molar-refractivity contribution is 9.10. The van der Waals surface area contributed by atoms with E-state index in [4.69, 9.17) is 5.73 Å². The van der Waals surface area contributed by atoms with E-state index in [0.717, 1.165) is 4.47 Å². The summed E-state index contributed by atoms with van der Waals surface area (Å²) in [6, 6.07) is 7.14. The molecule has 2 aromatic rings. The number of benzene rings is 1. The Labute approximate surface area is 118 Å².